The molecule has 1 radical (unpaired) electrons. The third kappa shape index (κ3) is 6.16. The maximum Gasteiger partial charge on any atom is 0.0110 e. The Morgan fingerprint density at radius 1 is 1.86 bits per heavy atom. The molecular weight excluding hydrogens is 264 g/mol. The third-order valence-corrected chi connectivity index (χ3v) is 0.534. The van der Waals surface area contributed by atoms with Crippen molar-refractivity contribution in [1.29, 1.82) is 0 Å². The zero-order valence-electron chi connectivity index (χ0n) is 4.15. The van der Waals surface area contributed by atoms with Gasteiger partial charge >= 0.3 is 0 Å². The summed E-state index contributed by atoms with van der Waals surface area (Å²) in [6.07, 6.45) is 0.510. The molecule has 2 nitrogen and oxygen atoms in total. The topological polar surface area (TPSA) is 43.1 Å². The Bertz CT molecular complexity index is 49.7. The van der Waals surface area contributed by atoms with E-state index in [0.717, 1.165) is 6.54 Å². The van der Waals surface area contributed by atoms with Crippen molar-refractivity contribution in [3.63, 3.8) is 0 Å². The fourth-order valence-corrected chi connectivity index (χ4v) is 0.118. The van der Waals surface area contributed by atoms with Crippen LogP contribution in [0.1, 0.15) is 13.3 Å². The predicted molar refractivity (Wildman–Crippen MR) is 23.8 cm³/mol. The molecule has 0 aromatic rings. The smallest absolute Gasteiger partial charge is 0.0110 e. The van der Waals surface area contributed by atoms with Crippen molar-refractivity contribution >= 4 is 5.78 Å². The predicted octanol–water partition coefficient (Wildman–Crippen LogP) is 0.0835. The van der Waals surface area contributed by atoms with E-state index in [4.69, 9.17) is 5.73 Å². The SMILES string of the molecule is CCC(=O)[CH-]N.[Re]. The van der Waals surface area contributed by atoms with E-state index in [1.165, 1.54) is 0 Å². The Morgan fingerprint density at radius 3 is 2.29 bits per heavy atom. The Morgan fingerprint density at radius 2 is 2.29 bits per heavy atom. The molecule has 0 rings (SSSR count). The summed E-state index contributed by atoms with van der Waals surface area (Å²) in [5, 5.41) is 0. The van der Waals surface area contributed by atoms with Crippen molar-refractivity contribution in [1.82, 2.24) is 0 Å². The summed E-state index contributed by atoms with van der Waals surface area (Å²) in [5.41, 5.74) is 4.81. The van der Waals surface area contributed by atoms with Crippen LogP contribution in [-0.2, 0) is 25.2 Å². The van der Waals surface area contributed by atoms with E-state index in [0.29, 0.717) is 6.42 Å². The number of carbonyl (C=O) groups is 1. The van der Waals surface area contributed by atoms with Gasteiger partial charge in [-0.15, -0.1) is 0 Å². The number of carbonyl (C=O) groups excluding carboxylic acids is 1. The molecule has 0 aliphatic carbocycles. The van der Waals surface area contributed by atoms with Crippen LogP contribution in [0.25, 0.3) is 0 Å². The Kier molecular flexibility index (Phi) is 8.98. The van der Waals surface area contributed by atoms with E-state index >= 15 is 0 Å². The molecule has 43 valence electrons. The summed E-state index contributed by atoms with van der Waals surface area (Å²) >= 11 is 0. The largest absolute Gasteiger partial charge is 0.461 e. The minimum Gasteiger partial charge on any atom is -0.461 e. The minimum absolute atomic E-state index is 0. The number of nitrogens with two attached hydrogens (primary N) is 1. The van der Waals surface area contributed by atoms with Gasteiger partial charge in [0.1, 0.15) is 0 Å². The molecule has 0 spiro atoms. The van der Waals surface area contributed by atoms with E-state index in [1.807, 2.05) is 0 Å². The summed E-state index contributed by atoms with van der Waals surface area (Å²) in [6, 6.07) is 0. The molecule has 0 saturated heterocycles. The molecule has 0 aliphatic heterocycles. The van der Waals surface area contributed by atoms with Crippen molar-refractivity contribution in [3.8, 4) is 0 Å². The number of hydrogen-bond acceptors (Lipinski definition) is 2. The molecule has 0 aromatic heterocycles. The van der Waals surface area contributed by atoms with Crippen LogP contribution < -0.4 is 5.73 Å². The van der Waals surface area contributed by atoms with E-state index < -0.39 is 0 Å². The van der Waals surface area contributed by atoms with Crippen LogP contribution >= 0.6 is 0 Å². The first-order valence-corrected chi connectivity index (χ1v) is 1.89. The monoisotopic (exact) mass is 273 g/mol. The first-order valence-electron chi connectivity index (χ1n) is 1.89. The summed E-state index contributed by atoms with van der Waals surface area (Å²) in [7, 11) is 0. The summed E-state index contributed by atoms with van der Waals surface area (Å²) in [4.78, 5) is 10.0. The standard InChI is InChI=1S/C4H8NO.Re/c1-2-4(6)3-5;/h3H,2,5H2,1H3;/q-1;. The second-order valence-corrected chi connectivity index (χ2v) is 0.987. The van der Waals surface area contributed by atoms with Gasteiger partial charge in [-0.1, -0.05) is 6.92 Å². The zero-order valence-corrected chi connectivity index (χ0v) is 6.86. The maximum absolute atomic E-state index is 10.0. The van der Waals surface area contributed by atoms with Crippen LogP contribution in [0.3, 0.4) is 0 Å². The number of Topliss-reactive ketones (excluding diaryl/α,β-unsaturated/α-hetero) is 1. The first-order chi connectivity index (χ1) is 2.81. The van der Waals surface area contributed by atoms with Crippen LogP contribution in [0.5, 0.6) is 0 Å². The van der Waals surface area contributed by atoms with Gasteiger partial charge in [-0.25, -0.2) is 0 Å². The molecule has 0 unspecified atom stereocenters. The fraction of sp³-hybridized carbons (Fsp3) is 0.500. The van der Waals surface area contributed by atoms with Gasteiger partial charge in [0.2, 0.25) is 0 Å². The first kappa shape index (κ1) is 10.2. The third-order valence-electron chi connectivity index (χ3n) is 0.534. The summed E-state index contributed by atoms with van der Waals surface area (Å²) < 4.78 is 0. The molecule has 0 bridgehead atoms. The molecule has 2 N–H and O–H groups in total. The quantitative estimate of drug-likeness (QED) is 0.724. The molecule has 0 fully saturated rings. The number of hydrogen-bond donors (Lipinski definition) is 1. The molecule has 7 heavy (non-hydrogen) atoms. The van der Waals surface area contributed by atoms with Crippen LogP contribution in [0.2, 0.25) is 0 Å². The van der Waals surface area contributed by atoms with Crippen LogP contribution in [0.4, 0.5) is 0 Å². The van der Waals surface area contributed by atoms with Gasteiger partial charge < -0.3 is 10.5 Å². The van der Waals surface area contributed by atoms with Crippen molar-refractivity contribution in [2.45, 2.75) is 13.3 Å². The molecule has 0 aliphatic rings. The van der Waals surface area contributed by atoms with Crippen molar-refractivity contribution < 1.29 is 25.2 Å². The van der Waals surface area contributed by atoms with Gasteiger partial charge in [0.15, 0.2) is 0 Å². The number of ketones is 1. The van der Waals surface area contributed by atoms with Crippen LogP contribution in [0, 0.1) is 6.54 Å². The Balaban J connectivity index is 0. The number of rotatable bonds is 2. The van der Waals surface area contributed by atoms with E-state index in [1.54, 1.807) is 6.92 Å². The molecule has 3 heteroatoms. The normalized spacial score (nSPS) is 6.57. The second-order valence-electron chi connectivity index (χ2n) is 0.987. The van der Waals surface area contributed by atoms with Gasteiger partial charge in [-0.3, -0.25) is 6.54 Å². The molecular formula is C4H8NORe-. The van der Waals surface area contributed by atoms with Gasteiger partial charge in [0.25, 0.3) is 0 Å². The summed E-state index contributed by atoms with van der Waals surface area (Å²) in [6.45, 7) is 2.85. The Labute approximate surface area is 57.1 Å². The average molecular weight is 272 g/mol. The van der Waals surface area contributed by atoms with E-state index in [-0.39, 0.29) is 26.2 Å². The van der Waals surface area contributed by atoms with Gasteiger partial charge in [0.05, 0.1) is 0 Å². The van der Waals surface area contributed by atoms with Crippen LogP contribution in [-0.4, -0.2) is 5.78 Å². The van der Waals surface area contributed by atoms with Crippen molar-refractivity contribution in [3.05, 3.63) is 6.54 Å². The average Bonchev–Trinajstić information content (AvgIpc) is 1.65. The van der Waals surface area contributed by atoms with Crippen molar-refractivity contribution in [2.75, 3.05) is 0 Å². The minimum atomic E-state index is -0.00463. The molecule has 0 saturated carbocycles. The van der Waals surface area contributed by atoms with Gasteiger partial charge in [0, 0.05) is 26.2 Å². The maximum atomic E-state index is 10.0. The zero-order chi connectivity index (χ0) is 4.99. The summed E-state index contributed by atoms with van der Waals surface area (Å²) in [5.74, 6) is -0.00463. The molecule has 0 amide bonds. The molecule has 0 heterocycles. The molecule has 0 atom stereocenters. The van der Waals surface area contributed by atoms with Crippen molar-refractivity contribution in [2.24, 2.45) is 5.73 Å². The van der Waals surface area contributed by atoms with Gasteiger partial charge in [-0.2, -0.15) is 0 Å². The second kappa shape index (κ2) is 6.16. The fourth-order valence-electron chi connectivity index (χ4n) is 0.118. The van der Waals surface area contributed by atoms with E-state index in [9.17, 15) is 4.79 Å². The van der Waals surface area contributed by atoms with Gasteiger partial charge in [-0.05, 0) is 6.42 Å². The van der Waals surface area contributed by atoms with E-state index in [2.05, 4.69) is 0 Å². The van der Waals surface area contributed by atoms with Crippen LogP contribution in [0.15, 0.2) is 0 Å². The Hall–Kier alpha value is 0.162. The molecule has 0 aromatic carbocycles.